The highest BCUT2D eigenvalue weighted by Crippen LogP contribution is 2.33. The quantitative estimate of drug-likeness (QED) is 0.649. The summed E-state index contributed by atoms with van der Waals surface area (Å²) in [4.78, 5) is 0. The van der Waals surface area contributed by atoms with E-state index in [1.807, 2.05) is 12.1 Å². The van der Waals surface area contributed by atoms with Crippen LogP contribution in [0.25, 0.3) is 0 Å². The fourth-order valence-corrected chi connectivity index (χ4v) is 1.88. The molecule has 0 aliphatic carbocycles. The molecule has 0 saturated heterocycles. The molecule has 2 rings (SSSR count). The topological polar surface area (TPSA) is 12.0 Å². The first-order chi connectivity index (χ1) is 5.57. The number of benzene rings is 1. The van der Waals surface area contributed by atoms with Crippen LogP contribution in [0.3, 0.4) is 0 Å². The van der Waals surface area contributed by atoms with Gasteiger partial charge in [-0.3, -0.25) is 0 Å². The Morgan fingerprint density at radius 3 is 2.92 bits per heavy atom. The minimum Gasteiger partial charge on any atom is -0.380 e. The molecule has 0 amide bonds. The maximum atomic E-state index is 5.88. The van der Waals surface area contributed by atoms with Gasteiger partial charge in [0.2, 0.25) is 0 Å². The highest BCUT2D eigenvalue weighted by molar-refractivity contribution is 6.30. The van der Waals surface area contributed by atoms with Crippen molar-refractivity contribution in [2.45, 2.75) is 25.8 Å². The van der Waals surface area contributed by atoms with E-state index in [0.717, 1.165) is 11.4 Å². The van der Waals surface area contributed by atoms with Crippen LogP contribution in [0.5, 0.6) is 0 Å². The lowest BCUT2D eigenvalue weighted by atomic mass is 10.0. The van der Waals surface area contributed by atoms with Crippen LogP contribution in [-0.2, 0) is 6.42 Å². The predicted molar refractivity (Wildman–Crippen MR) is 52.9 cm³/mol. The van der Waals surface area contributed by atoms with Gasteiger partial charge in [-0.15, -0.1) is 0 Å². The molecule has 1 aromatic carbocycles. The van der Waals surface area contributed by atoms with Crippen LogP contribution >= 0.6 is 11.6 Å². The Morgan fingerprint density at radius 1 is 1.42 bits per heavy atom. The van der Waals surface area contributed by atoms with Gasteiger partial charge in [-0.2, -0.15) is 0 Å². The van der Waals surface area contributed by atoms with Crippen molar-refractivity contribution in [2.75, 3.05) is 5.32 Å². The van der Waals surface area contributed by atoms with Crippen LogP contribution < -0.4 is 5.32 Å². The van der Waals surface area contributed by atoms with Crippen LogP contribution in [0.1, 0.15) is 19.4 Å². The Kier molecular flexibility index (Phi) is 1.58. The zero-order valence-corrected chi connectivity index (χ0v) is 8.07. The largest absolute Gasteiger partial charge is 0.380 e. The molecule has 0 saturated carbocycles. The molecule has 1 N–H and O–H groups in total. The molecule has 1 aromatic rings. The number of nitrogens with one attached hydrogen (secondary N) is 1. The maximum Gasteiger partial charge on any atom is 0.0426 e. The van der Waals surface area contributed by atoms with Crippen molar-refractivity contribution in [1.29, 1.82) is 0 Å². The molecular weight excluding hydrogens is 170 g/mol. The van der Waals surface area contributed by atoms with Gasteiger partial charge >= 0.3 is 0 Å². The Hall–Kier alpha value is -0.690. The van der Waals surface area contributed by atoms with Gasteiger partial charge in [0, 0.05) is 16.2 Å². The summed E-state index contributed by atoms with van der Waals surface area (Å²) in [5.41, 5.74) is 2.74. The Balaban J connectivity index is 2.43. The first-order valence-corrected chi connectivity index (χ1v) is 4.51. The summed E-state index contributed by atoms with van der Waals surface area (Å²) in [5, 5.41) is 4.23. The van der Waals surface area contributed by atoms with E-state index in [2.05, 4.69) is 25.2 Å². The number of fused-ring (bicyclic) bond motifs is 1. The molecule has 2 heteroatoms. The van der Waals surface area contributed by atoms with Gasteiger partial charge in [0.05, 0.1) is 0 Å². The smallest absolute Gasteiger partial charge is 0.0426 e. The van der Waals surface area contributed by atoms with Gasteiger partial charge in [-0.25, -0.2) is 0 Å². The summed E-state index contributed by atoms with van der Waals surface area (Å²) < 4.78 is 0. The molecule has 1 aliphatic rings. The maximum absolute atomic E-state index is 5.88. The number of rotatable bonds is 0. The third-order valence-corrected chi connectivity index (χ3v) is 2.41. The molecule has 1 nitrogen and oxygen atoms in total. The second-order valence-corrected chi connectivity index (χ2v) is 4.42. The fourth-order valence-electron chi connectivity index (χ4n) is 1.70. The molecule has 0 unspecified atom stereocenters. The average Bonchev–Trinajstić information content (AvgIpc) is 2.21. The molecule has 1 aliphatic heterocycles. The molecule has 0 aromatic heterocycles. The summed E-state index contributed by atoms with van der Waals surface area (Å²) >= 11 is 5.88. The van der Waals surface area contributed by atoms with E-state index in [4.69, 9.17) is 11.6 Å². The summed E-state index contributed by atoms with van der Waals surface area (Å²) in [6.45, 7) is 4.39. The molecule has 0 bridgehead atoms. The van der Waals surface area contributed by atoms with Crippen molar-refractivity contribution in [3.8, 4) is 0 Å². The van der Waals surface area contributed by atoms with Gasteiger partial charge in [-0.1, -0.05) is 17.7 Å². The zero-order valence-electron chi connectivity index (χ0n) is 7.32. The second kappa shape index (κ2) is 2.40. The van der Waals surface area contributed by atoms with Gasteiger partial charge in [-0.05, 0) is 38.0 Å². The SMILES string of the molecule is CC1(C)Cc2ccc(Cl)cc2N1. The van der Waals surface area contributed by atoms with Crippen molar-refractivity contribution < 1.29 is 0 Å². The average molecular weight is 182 g/mol. The van der Waals surface area contributed by atoms with Crippen molar-refractivity contribution in [3.63, 3.8) is 0 Å². The van der Waals surface area contributed by atoms with E-state index in [1.54, 1.807) is 0 Å². The standard InChI is InChI=1S/C10H12ClN/c1-10(2)6-7-3-4-8(11)5-9(7)12-10/h3-5,12H,6H2,1-2H3. The zero-order chi connectivity index (χ0) is 8.77. The summed E-state index contributed by atoms with van der Waals surface area (Å²) in [5.74, 6) is 0. The highest BCUT2D eigenvalue weighted by atomic mass is 35.5. The van der Waals surface area contributed by atoms with Gasteiger partial charge in [0.15, 0.2) is 0 Å². The van der Waals surface area contributed by atoms with Gasteiger partial charge < -0.3 is 5.32 Å². The molecule has 0 spiro atoms. The summed E-state index contributed by atoms with van der Waals surface area (Å²) in [7, 11) is 0. The van der Waals surface area contributed by atoms with Crippen LogP contribution in [0.4, 0.5) is 5.69 Å². The van der Waals surface area contributed by atoms with E-state index in [-0.39, 0.29) is 5.54 Å². The fraction of sp³-hybridized carbons (Fsp3) is 0.400. The lowest BCUT2D eigenvalue weighted by Crippen LogP contribution is -2.26. The summed E-state index contributed by atoms with van der Waals surface area (Å²) in [6.07, 6.45) is 1.08. The van der Waals surface area contributed by atoms with Crippen LogP contribution in [0.15, 0.2) is 18.2 Å². The van der Waals surface area contributed by atoms with Crippen molar-refractivity contribution in [1.82, 2.24) is 0 Å². The first-order valence-electron chi connectivity index (χ1n) is 4.13. The lowest BCUT2D eigenvalue weighted by molar-refractivity contribution is 0.594. The van der Waals surface area contributed by atoms with E-state index in [9.17, 15) is 0 Å². The number of halogens is 1. The van der Waals surface area contributed by atoms with Crippen LogP contribution in [0, 0.1) is 0 Å². The minimum absolute atomic E-state index is 0.188. The second-order valence-electron chi connectivity index (χ2n) is 3.99. The normalized spacial score (nSPS) is 18.6. The molecule has 64 valence electrons. The van der Waals surface area contributed by atoms with Crippen LogP contribution in [-0.4, -0.2) is 5.54 Å². The van der Waals surface area contributed by atoms with Crippen molar-refractivity contribution in [2.24, 2.45) is 0 Å². The van der Waals surface area contributed by atoms with E-state index >= 15 is 0 Å². The Labute approximate surface area is 77.7 Å². The van der Waals surface area contributed by atoms with Gasteiger partial charge in [0.1, 0.15) is 0 Å². The van der Waals surface area contributed by atoms with E-state index in [1.165, 1.54) is 11.3 Å². The highest BCUT2D eigenvalue weighted by Gasteiger charge is 2.26. The molecule has 0 fully saturated rings. The molecule has 0 atom stereocenters. The third kappa shape index (κ3) is 1.29. The summed E-state index contributed by atoms with van der Waals surface area (Å²) in [6, 6.07) is 6.04. The van der Waals surface area contributed by atoms with Crippen molar-refractivity contribution >= 4 is 17.3 Å². The number of hydrogen-bond donors (Lipinski definition) is 1. The van der Waals surface area contributed by atoms with Crippen molar-refractivity contribution in [3.05, 3.63) is 28.8 Å². The Bertz CT molecular complexity index is 318. The van der Waals surface area contributed by atoms with E-state index < -0.39 is 0 Å². The number of hydrogen-bond acceptors (Lipinski definition) is 1. The molecule has 12 heavy (non-hydrogen) atoms. The lowest BCUT2D eigenvalue weighted by Gasteiger charge is -2.17. The van der Waals surface area contributed by atoms with E-state index in [0.29, 0.717) is 0 Å². The molecule has 0 radical (unpaired) electrons. The molecular formula is C10H12ClN. The monoisotopic (exact) mass is 181 g/mol. The minimum atomic E-state index is 0.188. The third-order valence-electron chi connectivity index (χ3n) is 2.18. The van der Waals surface area contributed by atoms with Crippen LogP contribution in [0.2, 0.25) is 5.02 Å². The first kappa shape index (κ1) is 7.93. The predicted octanol–water partition coefficient (Wildman–Crippen LogP) is 3.09. The molecule has 1 heterocycles. The Morgan fingerprint density at radius 2 is 2.17 bits per heavy atom. The van der Waals surface area contributed by atoms with Gasteiger partial charge in [0.25, 0.3) is 0 Å². The number of anilines is 1.